The molecular formula is C15H27N3O. The molecule has 1 aliphatic carbocycles. The molecule has 4 nitrogen and oxygen atoms in total. The van der Waals surface area contributed by atoms with Crippen LogP contribution in [0.25, 0.3) is 0 Å². The summed E-state index contributed by atoms with van der Waals surface area (Å²) in [5.41, 5.74) is 3.94. The number of nitrogens with zero attached hydrogens (tertiary/aromatic N) is 2. The van der Waals surface area contributed by atoms with Gasteiger partial charge in [-0.1, -0.05) is 25.7 Å². The molecule has 0 spiro atoms. The predicted molar refractivity (Wildman–Crippen MR) is 78.2 cm³/mol. The Morgan fingerprint density at radius 2 is 1.53 bits per heavy atom. The van der Waals surface area contributed by atoms with E-state index in [0.29, 0.717) is 6.54 Å². The number of hydrogen-bond donors (Lipinski definition) is 1. The lowest BCUT2D eigenvalue weighted by Gasteiger charge is -2.25. The quantitative estimate of drug-likeness (QED) is 0.797. The van der Waals surface area contributed by atoms with Crippen LogP contribution < -0.4 is 5.43 Å². The molecule has 2 rings (SSSR count). The molecule has 0 unspecified atom stereocenters. The fourth-order valence-corrected chi connectivity index (χ4v) is 2.92. The monoisotopic (exact) mass is 265 g/mol. The Bertz CT molecular complexity index is 299. The van der Waals surface area contributed by atoms with E-state index in [2.05, 4.69) is 15.4 Å². The summed E-state index contributed by atoms with van der Waals surface area (Å²) in [5, 5.41) is 4.34. The van der Waals surface area contributed by atoms with Gasteiger partial charge in [-0.25, -0.2) is 5.43 Å². The van der Waals surface area contributed by atoms with Crippen molar-refractivity contribution in [1.82, 2.24) is 10.3 Å². The minimum Gasteiger partial charge on any atom is -0.294 e. The molecule has 1 heterocycles. The van der Waals surface area contributed by atoms with E-state index >= 15 is 0 Å². The van der Waals surface area contributed by atoms with E-state index in [1.165, 1.54) is 57.1 Å². The molecular weight excluding hydrogens is 238 g/mol. The van der Waals surface area contributed by atoms with Crippen molar-refractivity contribution < 1.29 is 4.79 Å². The lowest BCUT2D eigenvalue weighted by molar-refractivity contribution is -0.122. The van der Waals surface area contributed by atoms with Crippen molar-refractivity contribution in [2.45, 2.75) is 64.2 Å². The normalized spacial score (nSPS) is 22.4. The number of likely N-dealkylation sites (tertiary alicyclic amines) is 1. The smallest absolute Gasteiger partial charge is 0.254 e. The Hall–Kier alpha value is -0.900. The average molecular weight is 265 g/mol. The van der Waals surface area contributed by atoms with E-state index < -0.39 is 0 Å². The molecule has 19 heavy (non-hydrogen) atoms. The molecule has 1 saturated heterocycles. The summed E-state index contributed by atoms with van der Waals surface area (Å²) in [6.07, 6.45) is 12.3. The zero-order valence-electron chi connectivity index (χ0n) is 12.0. The van der Waals surface area contributed by atoms with Crippen molar-refractivity contribution in [3.05, 3.63) is 0 Å². The van der Waals surface area contributed by atoms with Gasteiger partial charge in [0.05, 0.1) is 6.54 Å². The van der Waals surface area contributed by atoms with E-state index in [1.807, 2.05) is 0 Å². The van der Waals surface area contributed by atoms with Gasteiger partial charge in [0.15, 0.2) is 0 Å². The second kappa shape index (κ2) is 8.31. The third-order valence-corrected chi connectivity index (χ3v) is 4.09. The average Bonchev–Trinajstić information content (AvgIpc) is 2.38. The first kappa shape index (κ1) is 14.5. The summed E-state index contributed by atoms with van der Waals surface area (Å²) < 4.78 is 0. The van der Waals surface area contributed by atoms with Gasteiger partial charge in [-0.05, 0) is 51.6 Å². The minimum absolute atomic E-state index is 0.0523. The van der Waals surface area contributed by atoms with Gasteiger partial charge in [-0.15, -0.1) is 0 Å². The SMILES string of the molecule is O=C(CN1CCCCC1)NN=C1CCCCCCC1. The predicted octanol–water partition coefficient (Wildman–Crippen LogP) is 2.69. The molecule has 0 atom stereocenters. The van der Waals surface area contributed by atoms with Gasteiger partial charge >= 0.3 is 0 Å². The number of amides is 1. The summed E-state index contributed by atoms with van der Waals surface area (Å²) in [6, 6.07) is 0. The van der Waals surface area contributed by atoms with Gasteiger partial charge < -0.3 is 0 Å². The van der Waals surface area contributed by atoms with E-state index in [1.54, 1.807) is 0 Å². The van der Waals surface area contributed by atoms with Crippen LogP contribution in [0.5, 0.6) is 0 Å². The highest BCUT2D eigenvalue weighted by atomic mass is 16.2. The Morgan fingerprint density at radius 1 is 0.947 bits per heavy atom. The van der Waals surface area contributed by atoms with Crippen LogP contribution >= 0.6 is 0 Å². The second-order valence-electron chi connectivity index (χ2n) is 5.82. The standard InChI is InChI=1S/C15H27N3O/c19-15(13-18-11-7-4-8-12-18)17-16-14-9-5-2-1-3-6-10-14/h1-13H2,(H,17,19). The number of carbonyl (C=O) groups is 1. The maximum atomic E-state index is 11.8. The molecule has 1 amide bonds. The van der Waals surface area contributed by atoms with E-state index in [9.17, 15) is 4.79 Å². The van der Waals surface area contributed by atoms with E-state index in [4.69, 9.17) is 0 Å². The van der Waals surface area contributed by atoms with Crippen LogP contribution in [0.15, 0.2) is 5.10 Å². The van der Waals surface area contributed by atoms with Crippen LogP contribution in [0.1, 0.15) is 64.2 Å². The summed E-state index contributed by atoms with van der Waals surface area (Å²) in [4.78, 5) is 14.1. The number of carbonyl (C=O) groups excluding carboxylic acids is 1. The van der Waals surface area contributed by atoms with Crippen LogP contribution in [0.3, 0.4) is 0 Å². The van der Waals surface area contributed by atoms with Crippen LogP contribution in [0.4, 0.5) is 0 Å². The summed E-state index contributed by atoms with van der Waals surface area (Å²) in [5.74, 6) is 0.0523. The topological polar surface area (TPSA) is 44.7 Å². The van der Waals surface area contributed by atoms with Crippen LogP contribution in [0, 0.1) is 0 Å². The van der Waals surface area contributed by atoms with Gasteiger partial charge in [0.1, 0.15) is 0 Å². The Labute approximate surface area is 116 Å². The second-order valence-corrected chi connectivity index (χ2v) is 5.82. The highest BCUT2D eigenvalue weighted by Crippen LogP contribution is 2.14. The van der Waals surface area contributed by atoms with Gasteiger partial charge in [0, 0.05) is 5.71 Å². The van der Waals surface area contributed by atoms with Gasteiger partial charge in [0.2, 0.25) is 0 Å². The number of hydrogen-bond acceptors (Lipinski definition) is 3. The molecule has 4 heteroatoms. The van der Waals surface area contributed by atoms with Crippen molar-refractivity contribution >= 4 is 11.6 Å². The lowest BCUT2D eigenvalue weighted by Crippen LogP contribution is -2.38. The first-order valence-corrected chi connectivity index (χ1v) is 7.91. The third-order valence-electron chi connectivity index (χ3n) is 4.09. The van der Waals surface area contributed by atoms with Crippen molar-refractivity contribution in [3.8, 4) is 0 Å². The van der Waals surface area contributed by atoms with Gasteiger partial charge in [-0.3, -0.25) is 9.69 Å². The number of rotatable bonds is 3. The van der Waals surface area contributed by atoms with Crippen LogP contribution in [-0.2, 0) is 4.79 Å². The Kier molecular flexibility index (Phi) is 6.34. The first-order chi connectivity index (χ1) is 9.34. The molecule has 108 valence electrons. The first-order valence-electron chi connectivity index (χ1n) is 7.91. The largest absolute Gasteiger partial charge is 0.294 e. The molecule has 0 aromatic rings. The fourth-order valence-electron chi connectivity index (χ4n) is 2.92. The van der Waals surface area contributed by atoms with E-state index in [-0.39, 0.29) is 5.91 Å². The summed E-state index contributed by atoms with van der Waals surface area (Å²) in [7, 11) is 0. The Morgan fingerprint density at radius 3 is 2.21 bits per heavy atom. The Balaban J connectivity index is 1.71. The molecule has 1 N–H and O–H groups in total. The van der Waals surface area contributed by atoms with Crippen LogP contribution in [-0.4, -0.2) is 36.2 Å². The molecule has 2 aliphatic rings. The van der Waals surface area contributed by atoms with Gasteiger partial charge in [-0.2, -0.15) is 5.10 Å². The molecule has 0 aromatic heterocycles. The zero-order valence-corrected chi connectivity index (χ0v) is 12.0. The van der Waals surface area contributed by atoms with Crippen molar-refractivity contribution in [3.63, 3.8) is 0 Å². The number of piperidine rings is 1. The molecule has 0 radical (unpaired) electrons. The highest BCUT2D eigenvalue weighted by Gasteiger charge is 2.13. The van der Waals surface area contributed by atoms with Gasteiger partial charge in [0.25, 0.3) is 5.91 Å². The molecule has 0 bridgehead atoms. The minimum atomic E-state index is 0.0523. The molecule has 1 saturated carbocycles. The summed E-state index contributed by atoms with van der Waals surface area (Å²) in [6.45, 7) is 2.63. The van der Waals surface area contributed by atoms with Crippen LogP contribution in [0.2, 0.25) is 0 Å². The number of hydrazone groups is 1. The van der Waals surface area contributed by atoms with Crippen molar-refractivity contribution in [1.29, 1.82) is 0 Å². The fraction of sp³-hybridized carbons (Fsp3) is 0.867. The molecule has 0 aromatic carbocycles. The maximum Gasteiger partial charge on any atom is 0.254 e. The van der Waals surface area contributed by atoms with Crippen molar-refractivity contribution in [2.24, 2.45) is 5.10 Å². The lowest BCUT2D eigenvalue weighted by atomic mass is 9.99. The summed E-state index contributed by atoms with van der Waals surface area (Å²) >= 11 is 0. The third kappa shape index (κ3) is 5.72. The molecule has 2 fully saturated rings. The van der Waals surface area contributed by atoms with E-state index in [0.717, 1.165) is 25.9 Å². The number of nitrogens with one attached hydrogen (secondary N) is 1. The highest BCUT2D eigenvalue weighted by molar-refractivity contribution is 5.86. The van der Waals surface area contributed by atoms with Crippen molar-refractivity contribution in [2.75, 3.05) is 19.6 Å². The zero-order chi connectivity index (χ0) is 13.3. The molecule has 1 aliphatic heterocycles. The maximum absolute atomic E-state index is 11.8.